The van der Waals surface area contributed by atoms with E-state index in [9.17, 15) is 0 Å². The van der Waals surface area contributed by atoms with Gasteiger partial charge in [-0.15, -0.1) is 0 Å². The van der Waals surface area contributed by atoms with E-state index in [1.807, 2.05) is 47.7 Å². The minimum Gasteiger partial charge on any atom is -0.285 e. The zero-order chi connectivity index (χ0) is 13.5. The van der Waals surface area contributed by atoms with Crippen LogP contribution in [-0.4, -0.2) is 25.1 Å². The molecule has 2 aromatic rings. The van der Waals surface area contributed by atoms with Gasteiger partial charge in [-0.1, -0.05) is 27.7 Å². The van der Waals surface area contributed by atoms with Gasteiger partial charge in [0.15, 0.2) is 0 Å². The summed E-state index contributed by atoms with van der Waals surface area (Å²) in [5.74, 6) is 0.759. The van der Waals surface area contributed by atoms with E-state index in [1.165, 1.54) is 18.2 Å². The largest absolute Gasteiger partial charge is 0.285 e. The molecule has 0 aliphatic carbocycles. The lowest BCUT2D eigenvalue weighted by Crippen LogP contribution is -1.84. The summed E-state index contributed by atoms with van der Waals surface area (Å²) in [6.45, 7) is 11.8. The van der Waals surface area contributed by atoms with Gasteiger partial charge < -0.3 is 0 Å². The molecule has 0 aliphatic heterocycles. The van der Waals surface area contributed by atoms with Crippen molar-refractivity contribution in [3.63, 3.8) is 0 Å². The zero-order valence-corrected chi connectivity index (χ0v) is 11.6. The fourth-order valence-electron chi connectivity index (χ4n) is 0.612. The van der Waals surface area contributed by atoms with Crippen molar-refractivity contribution in [1.82, 2.24) is 25.1 Å². The quantitative estimate of drug-likeness (QED) is 0.765. The molecule has 5 heteroatoms. The summed E-state index contributed by atoms with van der Waals surface area (Å²) in [5, 5.41) is 6.38. The fraction of sp³-hybridized carbons (Fsp3) is 0.500. The van der Waals surface area contributed by atoms with Gasteiger partial charge >= 0.3 is 0 Å². The van der Waals surface area contributed by atoms with E-state index in [4.69, 9.17) is 0 Å². The third-order valence-electron chi connectivity index (χ3n) is 1.26. The summed E-state index contributed by atoms with van der Waals surface area (Å²) in [6, 6.07) is 0. The van der Waals surface area contributed by atoms with Gasteiger partial charge in [0.05, 0.1) is 6.20 Å². The Kier molecular flexibility index (Phi) is 14.7. The molecule has 2 aromatic heterocycles. The standard InChI is InChI=1S/C4H5N3.C4H6N2.2C2H6/c1-4-6-2-5-3-7-4;1-4-2-5-6-3-4;2*1-2/h2-3H,1H3;2-3H,1H3,(H,5,6);2*1-2H3. The number of nitrogens with zero attached hydrogens (tertiary/aromatic N) is 4. The lowest BCUT2D eigenvalue weighted by Gasteiger charge is -1.80. The Morgan fingerprint density at radius 3 is 1.65 bits per heavy atom. The maximum Gasteiger partial charge on any atom is 0.128 e. The third-order valence-corrected chi connectivity index (χ3v) is 1.26. The molecule has 0 atom stereocenters. The van der Waals surface area contributed by atoms with Gasteiger partial charge in [0.2, 0.25) is 0 Å². The monoisotopic (exact) mass is 237 g/mol. The smallest absolute Gasteiger partial charge is 0.128 e. The Balaban J connectivity index is 0. The van der Waals surface area contributed by atoms with E-state index in [0.29, 0.717) is 0 Å². The molecule has 0 bridgehead atoms. The SMILES string of the molecule is CC.CC.Cc1cn[nH]c1.Cc1ncncn1. The molecule has 0 spiro atoms. The Labute approximate surface area is 104 Å². The first-order valence-electron chi connectivity index (χ1n) is 5.83. The van der Waals surface area contributed by atoms with Crippen LogP contribution in [0, 0.1) is 13.8 Å². The Hall–Kier alpha value is -1.78. The number of hydrogen-bond donors (Lipinski definition) is 1. The Bertz CT molecular complexity index is 318. The van der Waals surface area contributed by atoms with Crippen LogP contribution in [0.2, 0.25) is 0 Å². The van der Waals surface area contributed by atoms with Crippen molar-refractivity contribution in [2.75, 3.05) is 0 Å². The van der Waals surface area contributed by atoms with Crippen molar-refractivity contribution < 1.29 is 0 Å². The topological polar surface area (TPSA) is 67.3 Å². The second-order valence-electron chi connectivity index (χ2n) is 2.46. The van der Waals surface area contributed by atoms with Crippen molar-refractivity contribution in [2.45, 2.75) is 41.5 Å². The average Bonchev–Trinajstić information content (AvgIpc) is 2.87. The average molecular weight is 237 g/mol. The number of aromatic amines is 1. The van der Waals surface area contributed by atoms with Gasteiger partial charge in [-0.05, 0) is 19.4 Å². The minimum atomic E-state index is 0.759. The molecule has 0 fully saturated rings. The molecule has 0 saturated heterocycles. The third kappa shape index (κ3) is 12.2. The van der Waals surface area contributed by atoms with Crippen molar-refractivity contribution in [1.29, 1.82) is 0 Å². The molecule has 0 aliphatic rings. The predicted molar refractivity (Wildman–Crippen MR) is 70.6 cm³/mol. The number of H-pyrrole nitrogens is 1. The number of aryl methyl sites for hydroxylation is 2. The second-order valence-corrected chi connectivity index (χ2v) is 2.46. The molecular formula is C12H23N5. The van der Waals surface area contributed by atoms with Gasteiger partial charge in [0.1, 0.15) is 18.5 Å². The highest BCUT2D eigenvalue weighted by molar-refractivity contribution is 4.96. The van der Waals surface area contributed by atoms with Crippen LogP contribution in [0.25, 0.3) is 0 Å². The molecule has 0 radical (unpaired) electrons. The lowest BCUT2D eigenvalue weighted by molar-refractivity contribution is 0.974. The number of nitrogens with one attached hydrogen (secondary N) is 1. The number of aromatic nitrogens is 5. The first-order valence-corrected chi connectivity index (χ1v) is 5.83. The summed E-state index contributed by atoms with van der Waals surface area (Å²) in [6.07, 6.45) is 6.57. The molecule has 0 amide bonds. The molecule has 2 heterocycles. The van der Waals surface area contributed by atoms with Gasteiger partial charge in [0.25, 0.3) is 0 Å². The van der Waals surface area contributed by atoms with Crippen LogP contribution in [0.5, 0.6) is 0 Å². The predicted octanol–water partition coefficient (Wildman–Crippen LogP) is 2.95. The first kappa shape index (κ1) is 17.6. The molecule has 0 unspecified atom stereocenters. The molecule has 2 rings (SSSR count). The Morgan fingerprint density at radius 2 is 1.47 bits per heavy atom. The molecule has 5 nitrogen and oxygen atoms in total. The zero-order valence-electron chi connectivity index (χ0n) is 11.6. The molecule has 0 saturated carbocycles. The maximum atomic E-state index is 3.76. The Morgan fingerprint density at radius 1 is 0.941 bits per heavy atom. The van der Waals surface area contributed by atoms with Crippen LogP contribution in [0.15, 0.2) is 25.0 Å². The normalized spacial score (nSPS) is 7.41. The number of rotatable bonds is 0. The molecule has 96 valence electrons. The summed E-state index contributed by atoms with van der Waals surface area (Å²) in [5.41, 5.74) is 1.18. The fourth-order valence-corrected chi connectivity index (χ4v) is 0.612. The highest BCUT2D eigenvalue weighted by Crippen LogP contribution is 1.84. The summed E-state index contributed by atoms with van der Waals surface area (Å²) < 4.78 is 0. The van der Waals surface area contributed by atoms with Crippen LogP contribution in [0.3, 0.4) is 0 Å². The van der Waals surface area contributed by atoms with Crippen LogP contribution in [-0.2, 0) is 0 Å². The summed E-state index contributed by atoms with van der Waals surface area (Å²) >= 11 is 0. The van der Waals surface area contributed by atoms with E-state index in [0.717, 1.165) is 5.82 Å². The van der Waals surface area contributed by atoms with Crippen molar-refractivity contribution in [3.05, 3.63) is 36.4 Å². The maximum absolute atomic E-state index is 3.76. The van der Waals surface area contributed by atoms with Crippen LogP contribution >= 0.6 is 0 Å². The van der Waals surface area contributed by atoms with E-state index in [1.54, 1.807) is 6.20 Å². The van der Waals surface area contributed by atoms with Gasteiger partial charge in [-0.25, -0.2) is 15.0 Å². The van der Waals surface area contributed by atoms with E-state index in [-0.39, 0.29) is 0 Å². The van der Waals surface area contributed by atoms with Crippen molar-refractivity contribution in [2.24, 2.45) is 0 Å². The number of hydrogen-bond acceptors (Lipinski definition) is 4. The molecular weight excluding hydrogens is 214 g/mol. The highest BCUT2D eigenvalue weighted by Gasteiger charge is 1.75. The van der Waals surface area contributed by atoms with Gasteiger partial charge in [0, 0.05) is 6.20 Å². The van der Waals surface area contributed by atoms with E-state index in [2.05, 4.69) is 25.1 Å². The highest BCUT2D eigenvalue weighted by atomic mass is 15.1. The molecule has 17 heavy (non-hydrogen) atoms. The van der Waals surface area contributed by atoms with Crippen LogP contribution in [0.1, 0.15) is 39.1 Å². The minimum absolute atomic E-state index is 0.759. The van der Waals surface area contributed by atoms with Crippen molar-refractivity contribution in [3.8, 4) is 0 Å². The summed E-state index contributed by atoms with van der Waals surface area (Å²) in [7, 11) is 0. The lowest BCUT2D eigenvalue weighted by atomic mass is 10.4. The second kappa shape index (κ2) is 14.2. The van der Waals surface area contributed by atoms with Crippen molar-refractivity contribution >= 4 is 0 Å². The molecule has 0 aromatic carbocycles. The van der Waals surface area contributed by atoms with Gasteiger partial charge in [-0.3, -0.25) is 5.10 Å². The van der Waals surface area contributed by atoms with E-state index >= 15 is 0 Å². The van der Waals surface area contributed by atoms with Crippen LogP contribution in [0.4, 0.5) is 0 Å². The molecule has 1 N–H and O–H groups in total. The first-order chi connectivity index (χ1) is 8.29. The van der Waals surface area contributed by atoms with Gasteiger partial charge in [-0.2, -0.15) is 5.10 Å². The van der Waals surface area contributed by atoms with E-state index < -0.39 is 0 Å². The summed E-state index contributed by atoms with van der Waals surface area (Å²) in [4.78, 5) is 11.1. The van der Waals surface area contributed by atoms with Crippen LogP contribution < -0.4 is 0 Å².